The van der Waals surface area contributed by atoms with Crippen LogP contribution in [0.3, 0.4) is 0 Å². The van der Waals surface area contributed by atoms with Crippen molar-refractivity contribution in [1.29, 1.82) is 0 Å². The van der Waals surface area contributed by atoms with Crippen molar-refractivity contribution in [3.63, 3.8) is 0 Å². The van der Waals surface area contributed by atoms with Crippen molar-refractivity contribution in [2.75, 3.05) is 18.0 Å². The van der Waals surface area contributed by atoms with E-state index in [1.807, 2.05) is 17.9 Å². The van der Waals surface area contributed by atoms with Gasteiger partial charge in [-0.2, -0.15) is 0 Å². The van der Waals surface area contributed by atoms with E-state index in [2.05, 4.69) is 35.6 Å². The number of carbonyl (C=O) groups is 1. The fraction of sp³-hybridized carbons (Fsp3) is 0.500. The predicted octanol–water partition coefficient (Wildman–Crippen LogP) is 3.75. The Morgan fingerprint density at radius 1 is 1.21 bits per heavy atom. The van der Waals surface area contributed by atoms with Crippen LogP contribution in [-0.4, -0.2) is 39.9 Å². The van der Waals surface area contributed by atoms with Crippen molar-refractivity contribution in [3.05, 3.63) is 53.2 Å². The smallest absolute Gasteiger partial charge is 0.224 e. The summed E-state index contributed by atoms with van der Waals surface area (Å²) in [6.07, 6.45) is 1.29. The number of hydrogen-bond acceptors (Lipinski definition) is 4. The molecule has 28 heavy (non-hydrogen) atoms. The molecule has 150 valence electrons. The molecule has 0 unspecified atom stereocenters. The van der Waals surface area contributed by atoms with Crippen molar-refractivity contribution in [3.8, 4) is 0 Å². The minimum Gasteiger partial charge on any atom is -0.354 e. The molecule has 0 spiro atoms. The van der Waals surface area contributed by atoms with Gasteiger partial charge >= 0.3 is 0 Å². The Hall–Kier alpha value is -2.50. The molecule has 1 aromatic heterocycles. The zero-order valence-corrected chi connectivity index (χ0v) is 17.2. The summed E-state index contributed by atoms with van der Waals surface area (Å²) in [5.41, 5.74) is 1.96. The Kier molecular flexibility index (Phi) is 6.27. The highest BCUT2D eigenvalue weighted by Gasteiger charge is 2.32. The summed E-state index contributed by atoms with van der Waals surface area (Å²) in [6.45, 7) is 10.1. The summed E-state index contributed by atoms with van der Waals surface area (Å²) >= 11 is 0. The normalized spacial score (nSPS) is 17.9. The first-order valence-electron chi connectivity index (χ1n) is 10.0. The van der Waals surface area contributed by atoms with E-state index in [9.17, 15) is 9.18 Å². The minimum atomic E-state index is -0.261. The van der Waals surface area contributed by atoms with E-state index in [1.165, 1.54) is 12.1 Å². The van der Waals surface area contributed by atoms with E-state index in [-0.39, 0.29) is 17.8 Å². The Morgan fingerprint density at radius 2 is 1.93 bits per heavy atom. The van der Waals surface area contributed by atoms with Gasteiger partial charge in [-0.1, -0.05) is 32.9 Å². The molecule has 0 aliphatic carbocycles. The fourth-order valence-electron chi connectivity index (χ4n) is 3.70. The lowest BCUT2D eigenvalue weighted by atomic mass is 10.0. The van der Waals surface area contributed by atoms with Crippen LogP contribution >= 0.6 is 0 Å². The number of nitrogens with zero attached hydrogens (tertiary/aromatic N) is 4. The average Bonchev–Trinajstić information content (AvgIpc) is 2.83. The van der Waals surface area contributed by atoms with E-state index in [1.54, 1.807) is 12.1 Å². The molecule has 0 bridgehead atoms. The Bertz CT molecular complexity index is 822. The molecule has 1 aliphatic heterocycles. The van der Waals surface area contributed by atoms with Gasteiger partial charge in [0, 0.05) is 37.8 Å². The first-order valence-corrected chi connectivity index (χ1v) is 10.0. The van der Waals surface area contributed by atoms with Gasteiger partial charge < -0.3 is 9.80 Å². The second kappa shape index (κ2) is 8.67. The highest BCUT2D eigenvalue weighted by atomic mass is 19.1. The molecule has 5 nitrogen and oxygen atoms in total. The summed E-state index contributed by atoms with van der Waals surface area (Å²) in [4.78, 5) is 26.2. The SMILES string of the molecule is CCc1cc(N2CCC(=O)N(Cc3ccc(F)cc3)[C@H](C(C)C)C2)nc(C)n1. The van der Waals surface area contributed by atoms with E-state index >= 15 is 0 Å². The van der Waals surface area contributed by atoms with Crippen LogP contribution in [-0.2, 0) is 17.8 Å². The number of carbonyl (C=O) groups excluding carboxylic acids is 1. The van der Waals surface area contributed by atoms with Crippen molar-refractivity contribution < 1.29 is 9.18 Å². The lowest BCUT2D eigenvalue weighted by Gasteiger charge is -2.35. The second-order valence-electron chi connectivity index (χ2n) is 7.77. The molecule has 2 heterocycles. The minimum absolute atomic E-state index is 0.0559. The molecule has 1 aliphatic rings. The van der Waals surface area contributed by atoms with Crippen LogP contribution in [0, 0.1) is 18.7 Å². The van der Waals surface area contributed by atoms with Gasteiger partial charge in [0.2, 0.25) is 5.91 Å². The quantitative estimate of drug-likeness (QED) is 0.788. The average molecular weight is 384 g/mol. The van der Waals surface area contributed by atoms with E-state index < -0.39 is 0 Å². The number of aromatic nitrogens is 2. The van der Waals surface area contributed by atoms with Crippen molar-refractivity contribution in [1.82, 2.24) is 14.9 Å². The predicted molar refractivity (Wildman–Crippen MR) is 109 cm³/mol. The Labute approximate surface area is 166 Å². The van der Waals surface area contributed by atoms with Crippen molar-refractivity contribution in [2.45, 2.75) is 53.1 Å². The van der Waals surface area contributed by atoms with Gasteiger partial charge in [0.25, 0.3) is 0 Å². The topological polar surface area (TPSA) is 49.3 Å². The molecule has 1 atom stereocenters. The van der Waals surface area contributed by atoms with Crippen LogP contribution in [0.2, 0.25) is 0 Å². The van der Waals surface area contributed by atoms with E-state index in [4.69, 9.17) is 0 Å². The van der Waals surface area contributed by atoms with Crippen LogP contribution in [0.1, 0.15) is 44.3 Å². The van der Waals surface area contributed by atoms with Gasteiger partial charge in [-0.25, -0.2) is 14.4 Å². The summed E-state index contributed by atoms with van der Waals surface area (Å²) < 4.78 is 13.2. The number of anilines is 1. The number of hydrogen-bond donors (Lipinski definition) is 0. The molecule has 1 fully saturated rings. The third-order valence-electron chi connectivity index (χ3n) is 5.32. The number of benzene rings is 1. The first kappa shape index (κ1) is 20.2. The van der Waals surface area contributed by atoms with Crippen LogP contribution in [0.15, 0.2) is 30.3 Å². The second-order valence-corrected chi connectivity index (χ2v) is 7.77. The van der Waals surface area contributed by atoms with Crippen LogP contribution in [0.5, 0.6) is 0 Å². The molecule has 0 saturated carbocycles. The monoisotopic (exact) mass is 384 g/mol. The third-order valence-corrected chi connectivity index (χ3v) is 5.32. The largest absolute Gasteiger partial charge is 0.354 e. The Balaban J connectivity index is 1.87. The molecule has 6 heteroatoms. The molecule has 0 N–H and O–H groups in total. The lowest BCUT2D eigenvalue weighted by molar-refractivity contribution is -0.134. The van der Waals surface area contributed by atoms with E-state index in [0.29, 0.717) is 25.4 Å². The molecular weight excluding hydrogens is 355 g/mol. The zero-order chi connectivity index (χ0) is 20.3. The molecule has 3 rings (SSSR count). The maximum absolute atomic E-state index is 13.2. The van der Waals surface area contributed by atoms with Crippen molar-refractivity contribution in [2.24, 2.45) is 5.92 Å². The molecule has 1 aromatic carbocycles. The Morgan fingerprint density at radius 3 is 2.57 bits per heavy atom. The number of amides is 1. The van der Waals surface area contributed by atoms with Gasteiger partial charge in [-0.3, -0.25) is 4.79 Å². The van der Waals surface area contributed by atoms with Gasteiger partial charge in [0.05, 0.1) is 6.04 Å². The lowest BCUT2D eigenvalue weighted by Crippen LogP contribution is -2.46. The maximum Gasteiger partial charge on any atom is 0.224 e. The van der Waals surface area contributed by atoms with Crippen LogP contribution in [0.4, 0.5) is 10.2 Å². The molecule has 0 radical (unpaired) electrons. The number of rotatable bonds is 5. The summed E-state index contributed by atoms with van der Waals surface area (Å²) in [5, 5.41) is 0. The van der Waals surface area contributed by atoms with Crippen LogP contribution in [0.25, 0.3) is 0 Å². The highest BCUT2D eigenvalue weighted by Crippen LogP contribution is 2.24. The molecule has 2 aromatic rings. The summed E-state index contributed by atoms with van der Waals surface area (Å²) in [6, 6.07) is 8.49. The van der Waals surface area contributed by atoms with Gasteiger partial charge in [-0.05, 0) is 37.0 Å². The zero-order valence-electron chi connectivity index (χ0n) is 17.2. The maximum atomic E-state index is 13.2. The van der Waals surface area contributed by atoms with E-state index in [0.717, 1.165) is 35.9 Å². The third kappa shape index (κ3) is 4.66. The van der Waals surface area contributed by atoms with Gasteiger partial charge in [0.15, 0.2) is 0 Å². The van der Waals surface area contributed by atoms with Crippen LogP contribution < -0.4 is 4.90 Å². The number of aryl methyl sites for hydroxylation is 2. The van der Waals surface area contributed by atoms with Crippen molar-refractivity contribution >= 4 is 11.7 Å². The standard InChI is InChI=1S/C22H29FN4O/c1-5-19-12-21(25-16(4)24-19)26-11-10-22(28)27(20(14-26)15(2)3)13-17-6-8-18(23)9-7-17/h6-9,12,15,20H,5,10-11,13-14H2,1-4H3/t20-/m0/s1. The fourth-order valence-corrected chi connectivity index (χ4v) is 3.70. The molecular formula is C22H29FN4O. The highest BCUT2D eigenvalue weighted by molar-refractivity contribution is 5.78. The first-order chi connectivity index (χ1) is 13.4. The van der Waals surface area contributed by atoms with Gasteiger partial charge in [-0.15, -0.1) is 0 Å². The summed E-state index contributed by atoms with van der Waals surface area (Å²) in [7, 11) is 0. The molecule has 1 saturated heterocycles. The molecule has 1 amide bonds. The number of halogens is 1. The summed E-state index contributed by atoms with van der Waals surface area (Å²) in [5.74, 6) is 1.81. The van der Waals surface area contributed by atoms with Gasteiger partial charge in [0.1, 0.15) is 17.5 Å².